The molecule has 0 saturated carbocycles. The second-order valence-electron chi connectivity index (χ2n) is 7.87. The number of para-hydroxylation sites is 1. The Kier molecular flexibility index (Phi) is 6.11. The van der Waals surface area contributed by atoms with Gasteiger partial charge in [0.1, 0.15) is 17.4 Å². The number of hydrogen-bond donors (Lipinski definition) is 1. The lowest BCUT2D eigenvalue weighted by Crippen LogP contribution is -2.39. The quantitative estimate of drug-likeness (QED) is 0.668. The summed E-state index contributed by atoms with van der Waals surface area (Å²) in [5, 5.41) is 3.25. The summed E-state index contributed by atoms with van der Waals surface area (Å²) in [6.45, 7) is 5.28. The summed E-state index contributed by atoms with van der Waals surface area (Å²) in [6.07, 6.45) is 7.12. The van der Waals surface area contributed by atoms with Crippen molar-refractivity contribution in [3.63, 3.8) is 0 Å². The molecule has 1 unspecified atom stereocenters. The summed E-state index contributed by atoms with van der Waals surface area (Å²) in [7, 11) is 1.61. The zero-order chi connectivity index (χ0) is 21.8. The lowest BCUT2D eigenvalue weighted by Gasteiger charge is -2.33. The second-order valence-corrected chi connectivity index (χ2v) is 7.87. The fourth-order valence-corrected chi connectivity index (χ4v) is 4.04. The van der Waals surface area contributed by atoms with Crippen LogP contribution in [0, 0.1) is 13.8 Å². The predicted octanol–water partition coefficient (Wildman–Crippen LogP) is 4.26. The van der Waals surface area contributed by atoms with Crippen LogP contribution in [0.2, 0.25) is 0 Å². The van der Waals surface area contributed by atoms with Crippen LogP contribution in [0.5, 0.6) is 5.75 Å². The largest absolute Gasteiger partial charge is 0.496 e. The maximum Gasteiger partial charge on any atom is 0.257 e. The molecule has 1 amide bonds. The molecule has 1 aromatic carbocycles. The molecule has 0 bridgehead atoms. The molecular weight excluding hydrogens is 390 g/mol. The minimum absolute atomic E-state index is 0.00315. The Balaban J connectivity index is 1.52. The van der Waals surface area contributed by atoms with Crippen LogP contribution in [0.3, 0.4) is 0 Å². The number of rotatable bonds is 5. The van der Waals surface area contributed by atoms with Gasteiger partial charge in [0.25, 0.3) is 5.91 Å². The molecule has 1 fully saturated rings. The van der Waals surface area contributed by atoms with Crippen molar-refractivity contribution in [2.75, 3.05) is 25.5 Å². The Morgan fingerprint density at radius 2 is 2.00 bits per heavy atom. The summed E-state index contributed by atoms with van der Waals surface area (Å²) in [5.41, 5.74) is 3.48. The van der Waals surface area contributed by atoms with E-state index in [2.05, 4.69) is 15.3 Å². The van der Waals surface area contributed by atoms with Gasteiger partial charge in [-0.25, -0.2) is 9.97 Å². The first-order valence-corrected chi connectivity index (χ1v) is 10.5. The van der Waals surface area contributed by atoms with Gasteiger partial charge in [-0.1, -0.05) is 18.2 Å². The number of pyridine rings is 1. The summed E-state index contributed by atoms with van der Waals surface area (Å²) >= 11 is 0. The lowest BCUT2D eigenvalue weighted by atomic mass is 9.94. The molecule has 160 valence electrons. The number of nitrogens with zero attached hydrogens (tertiary/aromatic N) is 4. The zero-order valence-corrected chi connectivity index (χ0v) is 18.1. The van der Waals surface area contributed by atoms with Crippen molar-refractivity contribution in [3.8, 4) is 5.75 Å². The predicted molar refractivity (Wildman–Crippen MR) is 120 cm³/mol. The summed E-state index contributed by atoms with van der Waals surface area (Å²) in [4.78, 5) is 28.7. The highest BCUT2D eigenvalue weighted by atomic mass is 16.5. The van der Waals surface area contributed by atoms with Crippen LogP contribution in [-0.4, -0.2) is 46.0 Å². The minimum atomic E-state index is -0.00315. The molecule has 0 aliphatic carbocycles. The number of benzene rings is 1. The van der Waals surface area contributed by atoms with Crippen molar-refractivity contribution in [2.45, 2.75) is 32.6 Å². The molecule has 3 heterocycles. The molecule has 7 nitrogen and oxygen atoms in total. The highest BCUT2D eigenvalue weighted by molar-refractivity contribution is 5.97. The van der Waals surface area contributed by atoms with E-state index in [1.165, 1.54) is 0 Å². The number of carbonyl (C=O) groups excluding carboxylic acids is 1. The third kappa shape index (κ3) is 4.50. The second kappa shape index (κ2) is 9.12. The molecule has 7 heteroatoms. The van der Waals surface area contributed by atoms with Crippen molar-refractivity contribution in [1.29, 1.82) is 0 Å². The Labute approximate surface area is 182 Å². The van der Waals surface area contributed by atoms with Crippen molar-refractivity contribution >= 4 is 17.5 Å². The van der Waals surface area contributed by atoms with Crippen molar-refractivity contribution in [1.82, 2.24) is 19.9 Å². The maximum absolute atomic E-state index is 13.2. The number of nitrogens with one attached hydrogen (secondary N) is 1. The number of likely N-dealkylation sites (tertiary alicyclic amines) is 1. The van der Waals surface area contributed by atoms with Gasteiger partial charge in [0.15, 0.2) is 0 Å². The molecule has 1 saturated heterocycles. The molecule has 0 radical (unpaired) electrons. The summed E-state index contributed by atoms with van der Waals surface area (Å²) in [6, 6.07) is 9.58. The first kappa shape index (κ1) is 20.8. The summed E-state index contributed by atoms with van der Waals surface area (Å²) in [5.74, 6) is 2.19. The number of anilines is 2. The van der Waals surface area contributed by atoms with E-state index in [4.69, 9.17) is 9.72 Å². The molecule has 1 aliphatic heterocycles. The zero-order valence-electron chi connectivity index (χ0n) is 18.1. The molecule has 0 spiro atoms. The average molecular weight is 418 g/mol. The fourth-order valence-electron chi connectivity index (χ4n) is 4.04. The molecule has 4 rings (SSSR count). The molecule has 2 aromatic heterocycles. The fraction of sp³-hybridized carbons (Fsp3) is 0.333. The van der Waals surface area contributed by atoms with E-state index >= 15 is 0 Å². The van der Waals surface area contributed by atoms with Crippen molar-refractivity contribution < 1.29 is 9.53 Å². The van der Waals surface area contributed by atoms with E-state index in [-0.39, 0.29) is 11.8 Å². The molecule has 3 aromatic rings. The van der Waals surface area contributed by atoms with E-state index in [0.29, 0.717) is 23.7 Å². The highest BCUT2D eigenvalue weighted by Gasteiger charge is 2.28. The monoisotopic (exact) mass is 417 g/mol. The molecule has 1 aliphatic rings. The van der Waals surface area contributed by atoms with Crippen LogP contribution in [0.25, 0.3) is 0 Å². The number of piperidine rings is 1. The number of hydrogen-bond acceptors (Lipinski definition) is 6. The van der Waals surface area contributed by atoms with Crippen LogP contribution in [0.4, 0.5) is 11.6 Å². The van der Waals surface area contributed by atoms with Crippen LogP contribution in [0.1, 0.15) is 45.9 Å². The minimum Gasteiger partial charge on any atom is -0.496 e. The first-order chi connectivity index (χ1) is 15.1. The van der Waals surface area contributed by atoms with Gasteiger partial charge in [0, 0.05) is 31.4 Å². The smallest absolute Gasteiger partial charge is 0.257 e. The third-order valence-corrected chi connectivity index (χ3v) is 5.68. The van der Waals surface area contributed by atoms with E-state index < -0.39 is 0 Å². The van der Waals surface area contributed by atoms with Crippen LogP contribution in [0.15, 0.2) is 48.9 Å². The number of ether oxygens (including phenoxy) is 1. The molecular formula is C24H27N5O2. The SMILES string of the molecule is COc1c(C)cccc1C(=O)N1CCCC(c2cncc(Nc3ncccc3C)n2)C1. The van der Waals surface area contributed by atoms with Gasteiger partial charge in [-0.2, -0.15) is 0 Å². The third-order valence-electron chi connectivity index (χ3n) is 5.68. The van der Waals surface area contributed by atoms with Gasteiger partial charge in [0.05, 0.1) is 24.6 Å². The Hall–Kier alpha value is -3.48. The molecule has 1 atom stereocenters. The van der Waals surface area contributed by atoms with Crippen LogP contribution >= 0.6 is 0 Å². The van der Waals surface area contributed by atoms with Crippen LogP contribution in [-0.2, 0) is 0 Å². The normalized spacial score (nSPS) is 16.1. The van der Waals surface area contributed by atoms with E-state index in [1.807, 2.05) is 49.1 Å². The Morgan fingerprint density at radius 3 is 2.81 bits per heavy atom. The van der Waals surface area contributed by atoms with Gasteiger partial charge in [0.2, 0.25) is 0 Å². The van der Waals surface area contributed by atoms with Crippen molar-refractivity contribution in [3.05, 3.63) is 71.3 Å². The number of aromatic nitrogens is 3. The van der Waals surface area contributed by atoms with E-state index in [9.17, 15) is 4.79 Å². The Morgan fingerprint density at radius 1 is 1.16 bits per heavy atom. The standard InChI is InChI=1S/C24H27N5O2/c1-16-7-4-10-19(22(16)31-3)24(30)29-12-6-9-18(15-29)20-13-25-14-21(27-20)28-23-17(2)8-5-11-26-23/h4-5,7-8,10-11,13-14,18H,6,9,12,15H2,1-3H3,(H,26,27,28). The van der Waals surface area contributed by atoms with Gasteiger partial charge in [-0.05, 0) is 49.9 Å². The van der Waals surface area contributed by atoms with Gasteiger partial charge >= 0.3 is 0 Å². The van der Waals surface area contributed by atoms with Crippen LogP contribution < -0.4 is 10.1 Å². The van der Waals surface area contributed by atoms with Gasteiger partial charge < -0.3 is 15.0 Å². The number of methoxy groups -OCH3 is 1. The molecule has 31 heavy (non-hydrogen) atoms. The van der Waals surface area contributed by atoms with Crippen molar-refractivity contribution in [2.24, 2.45) is 0 Å². The first-order valence-electron chi connectivity index (χ1n) is 10.5. The number of carbonyl (C=O) groups is 1. The maximum atomic E-state index is 13.2. The molecule has 1 N–H and O–H groups in total. The number of amides is 1. The topological polar surface area (TPSA) is 80.2 Å². The number of aryl methyl sites for hydroxylation is 2. The Bertz CT molecular complexity index is 1090. The van der Waals surface area contributed by atoms with E-state index in [1.54, 1.807) is 25.7 Å². The highest BCUT2D eigenvalue weighted by Crippen LogP contribution is 2.30. The average Bonchev–Trinajstić information content (AvgIpc) is 2.80. The van der Waals surface area contributed by atoms with E-state index in [0.717, 1.165) is 42.0 Å². The van der Waals surface area contributed by atoms with Gasteiger partial charge in [-0.3, -0.25) is 9.78 Å². The summed E-state index contributed by atoms with van der Waals surface area (Å²) < 4.78 is 5.50. The van der Waals surface area contributed by atoms with Gasteiger partial charge in [-0.15, -0.1) is 0 Å². The lowest BCUT2D eigenvalue weighted by molar-refractivity contribution is 0.0702.